The molecule has 0 unspecified atom stereocenters. The number of rotatable bonds is 8. The quantitative estimate of drug-likeness (QED) is 0.437. The Morgan fingerprint density at radius 3 is 2.53 bits per heavy atom. The van der Waals surface area contributed by atoms with Gasteiger partial charge in [-0.15, -0.1) is 11.8 Å². The van der Waals surface area contributed by atoms with Crippen molar-refractivity contribution in [2.75, 3.05) is 44.9 Å². The molecule has 0 radical (unpaired) electrons. The van der Waals surface area contributed by atoms with E-state index in [-0.39, 0.29) is 12.7 Å². The molecule has 2 aliphatic heterocycles. The molecule has 0 aliphatic carbocycles. The summed E-state index contributed by atoms with van der Waals surface area (Å²) in [5, 5.41) is 9.01. The third-order valence-electron chi connectivity index (χ3n) is 6.66. The second kappa shape index (κ2) is 11.1. The molecule has 0 saturated carbocycles. The van der Waals surface area contributed by atoms with Gasteiger partial charge in [-0.05, 0) is 47.2 Å². The SMILES string of the molecule is CSCN1CC2(CCN(CCOCc3ccc(C(F)(F)F)cc3-c3ccc(C#N)cc3)CC2)OC1=O. The molecule has 1 spiro atoms. The maximum absolute atomic E-state index is 13.3. The number of nitriles is 1. The zero-order chi connectivity index (χ0) is 25.8. The molecule has 6 nitrogen and oxygen atoms in total. The van der Waals surface area contributed by atoms with Crippen molar-refractivity contribution in [1.82, 2.24) is 9.80 Å². The fourth-order valence-electron chi connectivity index (χ4n) is 4.64. The van der Waals surface area contributed by atoms with Gasteiger partial charge < -0.3 is 14.4 Å². The minimum atomic E-state index is -4.45. The smallest absolute Gasteiger partial charge is 0.416 e. The summed E-state index contributed by atoms with van der Waals surface area (Å²) in [6.45, 7) is 3.50. The Balaban J connectivity index is 1.33. The maximum Gasteiger partial charge on any atom is 0.416 e. The van der Waals surface area contributed by atoms with E-state index >= 15 is 0 Å². The molecule has 192 valence electrons. The number of alkyl halides is 3. The van der Waals surface area contributed by atoms with Gasteiger partial charge in [-0.2, -0.15) is 18.4 Å². The molecular weight excluding hydrogens is 491 g/mol. The fraction of sp³-hybridized carbons (Fsp3) is 0.462. The monoisotopic (exact) mass is 519 g/mol. The summed E-state index contributed by atoms with van der Waals surface area (Å²) in [5.74, 6) is 0.631. The molecule has 4 rings (SSSR count). The van der Waals surface area contributed by atoms with E-state index in [0.717, 1.165) is 38.1 Å². The Kier molecular flexibility index (Phi) is 8.13. The fourth-order valence-corrected chi connectivity index (χ4v) is 5.15. The van der Waals surface area contributed by atoms with Gasteiger partial charge in [0.2, 0.25) is 0 Å². The van der Waals surface area contributed by atoms with Crippen molar-refractivity contribution in [3.05, 3.63) is 59.2 Å². The van der Waals surface area contributed by atoms with Crippen molar-refractivity contribution < 1.29 is 27.4 Å². The number of benzene rings is 2. The Hall–Kier alpha value is -2.74. The first-order valence-corrected chi connectivity index (χ1v) is 13.1. The summed E-state index contributed by atoms with van der Waals surface area (Å²) >= 11 is 1.59. The number of carbonyl (C=O) groups is 1. The molecular formula is C26H28F3N3O3S. The summed E-state index contributed by atoms with van der Waals surface area (Å²) in [5.41, 5.74) is 0.999. The highest BCUT2D eigenvalue weighted by atomic mass is 32.2. The van der Waals surface area contributed by atoms with Crippen LogP contribution in [0.3, 0.4) is 0 Å². The Morgan fingerprint density at radius 2 is 1.89 bits per heavy atom. The molecule has 1 amide bonds. The molecule has 2 heterocycles. The van der Waals surface area contributed by atoms with Crippen LogP contribution in [0.15, 0.2) is 42.5 Å². The van der Waals surface area contributed by atoms with Gasteiger partial charge in [-0.25, -0.2) is 4.79 Å². The summed E-state index contributed by atoms with van der Waals surface area (Å²) < 4.78 is 51.6. The first-order chi connectivity index (χ1) is 17.2. The number of carbonyl (C=O) groups excluding carboxylic acids is 1. The third-order valence-corrected chi connectivity index (χ3v) is 7.23. The number of nitrogens with zero attached hydrogens (tertiary/aromatic N) is 3. The number of likely N-dealkylation sites (tertiary alicyclic amines) is 1. The van der Waals surface area contributed by atoms with Crippen LogP contribution in [-0.4, -0.2) is 66.4 Å². The van der Waals surface area contributed by atoms with Crippen LogP contribution in [0.25, 0.3) is 11.1 Å². The highest BCUT2D eigenvalue weighted by molar-refractivity contribution is 7.98. The lowest BCUT2D eigenvalue weighted by Gasteiger charge is -2.37. The van der Waals surface area contributed by atoms with Gasteiger partial charge in [-0.1, -0.05) is 18.2 Å². The average Bonchev–Trinajstić information content (AvgIpc) is 3.17. The molecule has 36 heavy (non-hydrogen) atoms. The Morgan fingerprint density at radius 1 is 1.17 bits per heavy atom. The Bertz CT molecular complexity index is 1110. The van der Waals surface area contributed by atoms with E-state index in [1.54, 1.807) is 40.9 Å². The van der Waals surface area contributed by atoms with Crippen molar-refractivity contribution in [2.45, 2.75) is 31.2 Å². The van der Waals surface area contributed by atoms with E-state index in [2.05, 4.69) is 4.90 Å². The molecule has 2 aliphatic rings. The van der Waals surface area contributed by atoms with E-state index in [1.807, 2.05) is 12.3 Å². The number of hydrogen-bond acceptors (Lipinski definition) is 6. The lowest BCUT2D eigenvalue weighted by atomic mass is 9.91. The maximum atomic E-state index is 13.3. The highest BCUT2D eigenvalue weighted by Gasteiger charge is 2.46. The van der Waals surface area contributed by atoms with Crippen molar-refractivity contribution in [3.63, 3.8) is 0 Å². The molecule has 0 atom stereocenters. The number of piperidine rings is 1. The number of amides is 1. The van der Waals surface area contributed by atoms with Gasteiger partial charge in [0.1, 0.15) is 5.60 Å². The molecule has 0 N–H and O–H groups in total. The van der Waals surface area contributed by atoms with Crippen LogP contribution in [-0.2, 0) is 22.3 Å². The molecule has 2 saturated heterocycles. The number of halogens is 3. The summed E-state index contributed by atoms with van der Waals surface area (Å²) in [7, 11) is 0. The minimum absolute atomic E-state index is 0.173. The van der Waals surface area contributed by atoms with Crippen LogP contribution in [0.1, 0.15) is 29.5 Å². The third kappa shape index (κ3) is 6.14. The first kappa shape index (κ1) is 26.3. The molecule has 10 heteroatoms. The standard InChI is InChI=1S/C26H28F3N3O3S/c1-36-18-32-17-25(35-24(32)33)8-10-31(11-9-25)12-13-34-16-21-6-7-22(26(27,28)29)14-23(21)20-4-2-19(15-30)3-5-20/h2-7,14H,8-13,16-18H2,1H3. The van der Waals surface area contributed by atoms with Crippen molar-refractivity contribution in [3.8, 4) is 17.2 Å². The van der Waals surface area contributed by atoms with Gasteiger partial charge in [0, 0.05) is 32.5 Å². The first-order valence-electron chi connectivity index (χ1n) is 11.7. The highest BCUT2D eigenvalue weighted by Crippen LogP contribution is 2.35. The minimum Gasteiger partial charge on any atom is -0.441 e. The second-order valence-corrected chi connectivity index (χ2v) is 9.96. The summed E-state index contributed by atoms with van der Waals surface area (Å²) in [4.78, 5) is 16.1. The van der Waals surface area contributed by atoms with Crippen LogP contribution in [0, 0.1) is 11.3 Å². The normalized spacial score (nSPS) is 17.9. The number of hydrogen-bond donors (Lipinski definition) is 0. The average molecular weight is 520 g/mol. The van der Waals surface area contributed by atoms with E-state index in [1.165, 1.54) is 6.07 Å². The largest absolute Gasteiger partial charge is 0.441 e. The number of ether oxygens (including phenoxy) is 2. The lowest BCUT2D eigenvalue weighted by molar-refractivity contribution is -0.137. The topological polar surface area (TPSA) is 65.8 Å². The van der Waals surface area contributed by atoms with Crippen molar-refractivity contribution in [2.24, 2.45) is 0 Å². The van der Waals surface area contributed by atoms with E-state index in [9.17, 15) is 18.0 Å². The van der Waals surface area contributed by atoms with E-state index in [4.69, 9.17) is 14.7 Å². The lowest BCUT2D eigenvalue weighted by Crippen LogP contribution is -2.47. The van der Waals surface area contributed by atoms with Gasteiger partial charge in [0.15, 0.2) is 0 Å². The Labute approximate surface area is 213 Å². The van der Waals surface area contributed by atoms with E-state index in [0.29, 0.717) is 47.8 Å². The zero-order valence-electron chi connectivity index (χ0n) is 20.0. The molecule has 2 aromatic rings. The van der Waals surface area contributed by atoms with Crippen molar-refractivity contribution in [1.29, 1.82) is 5.26 Å². The van der Waals surface area contributed by atoms with Crippen LogP contribution >= 0.6 is 11.8 Å². The van der Waals surface area contributed by atoms with Gasteiger partial charge in [0.05, 0.1) is 42.8 Å². The summed E-state index contributed by atoms with van der Waals surface area (Å²) in [6, 6.07) is 12.1. The van der Waals surface area contributed by atoms with Crippen LogP contribution < -0.4 is 0 Å². The predicted octanol–water partition coefficient (Wildman–Crippen LogP) is 5.37. The molecule has 0 aromatic heterocycles. The van der Waals surface area contributed by atoms with Crippen LogP contribution in [0.4, 0.5) is 18.0 Å². The van der Waals surface area contributed by atoms with Crippen LogP contribution in [0.2, 0.25) is 0 Å². The molecule has 2 fully saturated rings. The summed E-state index contributed by atoms with van der Waals surface area (Å²) in [6.07, 6.45) is -1.20. The van der Waals surface area contributed by atoms with Gasteiger partial charge in [0.25, 0.3) is 0 Å². The van der Waals surface area contributed by atoms with Crippen LogP contribution in [0.5, 0.6) is 0 Å². The van der Waals surface area contributed by atoms with Gasteiger partial charge in [-0.3, -0.25) is 4.90 Å². The van der Waals surface area contributed by atoms with Gasteiger partial charge >= 0.3 is 12.3 Å². The number of thioether (sulfide) groups is 1. The second-order valence-electron chi connectivity index (χ2n) is 9.12. The van der Waals surface area contributed by atoms with Crippen molar-refractivity contribution >= 4 is 17.9 Å². The predicted molar refractivity (Wildman–Crippen MR) is 131 cm³/mol. The molecule has 2 aromatic carbocycles. The zero-order valence-corrected chi connectivity index (χ0v) is 20.8. The molecule has 0 bridgehead atoms. The van der Waals surface area contributed by atoms with E-state index < -0.39 is 17.3 Å².